The van der Waals surface area contributed by atoms with Crippen LogP contribution < -0.4 is 5.32 Å². The van der Waals surface area contributed by atoms with E-state index in [1.807, 2.05) is 6.92 Å². The van der Waals surface area contributed by atoms with Crippen LogP contribution in [0.3, 0.4) is 0 Å². The lowest BCUT2D eigenvalue weighted by molar-refractivity contribution is -0.133. The monoisotopic (exact) mass is 238 g/mol. The maximum absolute atomic E-state index is 12.3. The van der Waals surface area contributed by atoms with E-state index in [9.17, 15) is 4.79 Å². The Balaban J connectivity index is 2.13. The standard InChI is InChI=1S/C14H26N2O/c1-9(2)13-15-11(4)14(17)16(13)12-7-5-6-10(3)8-12/h9-13,15H,5-8H2,1-4H3. The van der Waals surface area contributed by atoms with Gasteiger partial charge in [-0.2, -0.15) is 0 Å². The van der Waals surface area contributed by atoms with Crippen LogP contribution in [-0.4, -0.2) is 29.1 Å². The van der Waals surface area contributed by atoms with Crippen molar-refractivity contribution in [1.29, 1.82) is 0 Å². The highest BCUT2D eigenvalue weighted by Crippen LogP contribution is 2.31. The van der Waals surface area contributed by atoms with E-state index in [0.717, 1.165) is 5.92 Å². The number of nitrogens with one attached hydrogen (secondary N) is 1. The Hall–Kier alpha value is -0.570. The lowest BCUT2D eigenvalue weighted by Crippen LogP contribution is -2.48. The Bertz CT molecular complexity index is 290. The summed E-state index contributed by atoms with van der Waals surface area (Å²) in [4.78, 5) is 14.4. The zero-order valence-electron chi connectivity index (χ0n) is 11.6. The number of rotatable bonds is 2. The maximum atomic E-state index is 12.3. The second-order valence-corrected chi connectivity index (χ2v) is 6.25. The van der Waals surface area contributed by atoms with Gasteiger partial charge < -0.3 is 4.90 Å². The molecule has 1 N–H and O–H groups in total. The summed E-state index contributed by atoms with van der Waals surface area (Å²) in [5.41, 5.74) is 0. The molecule has 1 saturated heterocycles. The molecule has 4 unspecified atom stereocenters. The quantitative estimate of drug-likeness (QED) is 0.801. The summed E-state index contributed by atoms with van der Waals surface area (Å²) in [5, 5.41) is 3.44. The SMILES string of the molecule is CC1CCCC(N2C(=O)C(C)NC2C(C)C)C1. The van der Waals surface area contributed by atoms with Crippen molar-refractivity contribution in [3.8, 4) is 0 Å². The Morgan fingerprint density at radius 3 is 2.59 bits per heavy atom. The van der Waals surface area contributed by atoms with Gasteiger partial charge in [0, 0.05) is 6.04 Å². The van der Waals surface area contributed by atoms with Crippen molar-refractivity contribution in [2.75, 3.05) is 0 Å². The van der Waals surface area contributed by atoms with Crippen LogP contribution in [0.4, 0.5) is 0 Å². The van der Waals surface area contributed by atoms with Crippen LogP contribution >= 0.6 is 0 Å². The van der Waals surface area contributed by atoms with E-state index in [4.69, 9.17) is 0 Å². The highest BCUT2D eigenvalue weighted by atomic mass is 16.2. The molecule has 0 aromatic rings. The third-order valence-electron chi connectivity index (χ3n) is 4.28. The van der Waals surface area contributed by atoms with Crippen molar-refractivity contribution in [3.05, 3.63) is 0 Å². The second-order valence-electron chi connectivity index (χ2n) is 6.25. The molecule has 0 bridgehead atoms. The molecule has 17 heavy (non-hydrogen) atoms. The molecule has 2 aliphatic rings. The van der Waals surface area contributed by atoms with Gasteiger partial charge in [0.15, 0.2) is 0 Å². The van der Waals surface area contributed by atoms with Crippen LogP contribution in [0, 0.1) is 11.8 Å². The molecule has 4 atom stereocenters. The highest BCUT2D eigenvalue weighted by molar-refractivity contribution is 5.84. The van der Waals surface area contributed by atoms with Gasteiger partial charge in [0.2, 0.25) is 5.91 Å². The minimum atomic E-state index is -0.000340. The number of carbonyl (C=O) groups excluding carboxylic acids is 1. The average Bonchev–Trinajstić information content (AvgIpc) is 2.56. The smallest absolute Gasteiger partial charge is 0.240 e. The van der Waals surface area contributed by atoms with Gasteiger partial charge in [-0.3, -0.25) is 10.1 Å². The predicted octanol–water partition coefficient (Wildman–Crippen LogP) is 2.37. The topological polar surface area (TPSA) is 32.3 Å². The van der Waals surface area contributed by atoms with Gasteiger partial charge in [-0.05, 0) is 31.6 Å². The van der Waals surface area contributed by atoms with Crippen molar-refractivity contribution in [2.45, 2.75) is 71.6 Å². The molecule has 2 rings (SSSR count). The molecule has 1 aliphatic carbocycles. The third-order valence-corrected chi connectivity index (χ3v) is 4.28. The fourth-order valence-electron chi connectivity index (χ4n) is 3.34. The molecule has 1 heterocycles. The molecule has 0 radical (unpaired) electrons. The van der Waals surface area contributed by atoms with Gasteiger partial charge in [-0.1, -0.05) is 33.6 Å². The average molecular weight is 238 g/mol. The summed E-state index contributed by atoms with van der Waals surface area (Å²) >= 11 is 0. The van der Waals surface area contributed by atoms with E-state index in [-0.39, 0.29) is 12.2 Å². The molecule has 3 heteroatoms. The third kappa shape index (κ3) is 2.49. The van der Waals surface area contributed by atoms with Gasteiger partial charge in [0.05, 0.1) is 12.2 Å². The molecular weight excluding hydrogens is 212 g/mol. The van der Waals surface area contributed by atoms with Crippen molar-refractivity contribution in [3.63, 3.8) is 0 Å². The van der Waals surface area contributed by atoms with Crippen molar-refractivity contribution < 1.29 is 4.79 Å². The predicted molar refractivity (Wildman–Crippen MR) is 69.5 cm³/mol. The zero-order valence-corrected chi connectivity index (χ0v) is 11.6. The molecule has 0 aromatic carbocycles. The van der Waals surface area contributed by atoms with Crippen LogP contribution in [0.1, 0.15) is 53.4 Å². The van der Waals surface area contributed by atoms with E-state index >= 15 is 0 Å². The van der Waals surface area contributed by atoms with Crippen molar-refractivity contribution in [1.82, 2.24) is 10.2 Å². The molecule has 98 valence electrons. The van der Waals surface area contributed by atoms with Crippen LogP contribution in [0.25, 0.3) is 0 Å². The van der Waals surface area contributed by atoms with E-state index in [1.54, 1.807) is 0 Å². The number of amides is 1. The zero-order chi connectivity index (χ0) is 12.6. The van der Waals surface area contributed by atoms with E-state index in [0.29, 0.717) is 17.9 Å². The largest absolute Gasteiger partial charge is 0.323 e. The molecule has 1 aliphatic heterocycles. The Morgan fingerprint density at radius 1 is 1.29 bits per heavy atom. The van der Waals surface area contributed by atoms with Gasteiger partial charge in [0.25, 0.3) is 0 Å². The van der Waals surface area contributed by atoms with Gasteiger partial charge in [0.1, 0.15) is 0 Å². The first kappa shape index (κ1) is 12.9. The second kappa shape index (κ2) is 4.97. The lowest BCUT2D eigenvalue weighted by Gasteiger charge is -2.38. The normalized spacial score (nSPS) is 39.1. The van der Waals surface area contributed by atoms with E-state index < -0.39 is 0 Å². The van der Waals surface area contributed by atoms with Gasteiger partial charge in [-0.25, -0.2) is 0 Å². The van der Waals surface area contributed by atoms with Crippen LogP contribution in [0.2, 0.25) is 0 Å². The van der Waals surface area contributed by atoms with Gasteiger partial charge >= 0.3 is 0 Å². The number of hydrogen-bond donors (Lipinski definition) is 1. The summed E-state index contributed by atoms with van der Waals surface area (Å²) in [6, 6.07) is 0.468. The van der Waals surface area contributed by atoms with Crippen molar-refractivity contribution in [2.24, 2.45) is 11.8 Å². The molecule has 3 nitrogen and oxygen atoms in total. The minimum Gasteiger partial charge on any atom is -0.323 e. The Labute approximate surface area is 105 Å². The van der Waals surface area contributed by atoms with Gasteiger partial charge in [-0.15, -0.1) is 0 Å². The first-order chi connectivity index (χ1) is 8.00. The summed E-state index contributed by atoms with van der Waals surface area (Å²) in [6.07, 6.45) is 5.22. The number of nitrogens with zero attached hydrogens (tertiary/aromatic N) is 1. The minimum absolute atomic E-state index is 0.000340. The van der Waals surface area contributed by atoms with Crippen LogP contribution in [0.5, 0.6) is 0 Å². The lowest BCUT2D eigenvalue weighted by atomic mass is 9.85. The molecular formula is C14H26N2O. The Morgan fingerprint density at radius 2 is 2.00 bits per heavy atom. The van der Waals surface area contributed by atoms with E-state index in [2.05, 4.69) is 31.0 Å². The van der Waals surface area contributed by atoms with Crippen LogP contribution in [-0.2, 0) is 4.79 Å². The summed E-state index contributed by atoms with van der Waals surface area (Å²) in [5.74, 6) is 1.56. The van der Waals surface area contributed by atoms with Crippen molar-refractivity contribution >= 4 is 5.91 Å². The molecule has 1 amide bonds. The highest BCUT2D eigenvalue weighted by Gasteiger charge is 2.42. The molecule has 0 aromatic heterocycles. The molecule has 1 saturated carbocycles. The van der Waals surface area contributed by atoms with E-state index in [1.165, 1.54) is 25.7 Å². The Kier molecular flexibility index (Phi) is 3.76. The summed E-state index contributed by atoms with van der Waals surface area (Å²) in [6.45, 7) is 8.70. The fourth-order valence-corrected chi connectivity index (χ4v) is 3.34. The first-order valence-corrected chi connectivity index (χ1v) is 7.09. The number of carbonyl (C=O) groups is 1. The molecule has 0 spiro atoms. The fraction of sp³-hybridized carbons (Fsp3) is 0.929. The summed E-state index contributed by atoms with van der Waals surface area (Å²) < 4.78 is 0. The number of hydrogen-bond acceptors (Lipinski definition) is 2. The summed E-state index contributed by atoms with van der Waals surface area (Å²) in [7, 11) is 0. The maximum Gasteiger partial charge on any atom is 0.240 e. The van der Waals surface area contributed by atoms with Crippen LogP contribution in [0.15, 0.2) is 0 Å². The molecule has 2 fully saturated rings. The first-order valence-electron chi connectivity index (χ1n) is 7.09.